The van der Waals surface area contributed by atoms with E-state index < -0.39 is 0 Å². The Morgan fingerprint density at radius 3 is 2.78 bits per heavy atom. The molecule has 1 N–H and O–H groups in total. The van der Waals surface area contributed by atoms with Gasteiger partial charge in [-0.05, 0) is 36.8 Å². The van der Waals surface area contributed by atoms with Crippen LogP contribution in [0.25, 0.3) is 10.6 Å². The van der Waals surface area contributed by atoms with Gasteiger partial charge in [-0.15, -0.1) is 11.3 Å². The highest BCUT2D eigenvalue weighted by atomic mass is 32.1. The third kappa shape index (κ3) is 3.68. The van der Waals surface area contributed by atoms with Crippen LogP contribution in [0, 0.1) is 6.92 Å². The van der Waals surface area contributed by atoms with Crippen molar-refractivity contribution in [2.45, 2.75) is 19.8 Å². The maximum Gasteiger partial charge on any atom is 0.257 e. The second-order valence-electron chi connectivity index (χ2n) is 5.29. The molecule has 0 saturated heterocycles. The summed E-state index contributed by atoms with van der Waals surface area (Å²) >= 11 is 1.53. The summed E-state index contributed by atoms with van der Waals surface area (Å²) in [4.78, 5) is 13.4. The quantitative estimate of drug-likeness (QED) is 0.695. The van der Waals surface area contributed by atoms with Crippen LogP contribution in [-0.4, -0.2) is 17.6 Å². The Bertz CT molecular complexity index is 764. The number of carbonyl (C=O) groups excluding carboxylic acids is 1. The minimum atomic E-state index is -0.125. The normalized spacial score (nSPS) is 10.7. The Kier molecular flexibility index (Phi) is 4.88. The highest BCUT2D eigenvalue weighted by Crippen LogP contribution is 2.29. The maximum absolute atomic E-state index is 12.4. The average Bonchev–Trinajstić information content (AvgIpc) is 3.21. The van der Waals surface area contributed by atoms with Gasteiger partial charge < -0.3 is 9.84 Å². The van der Waals surface area contributed by atoms with Crippen molar-refractivity contribution in [3.05, 3.63) is 64.7 Å². The molecular weight excluding hydrogens is 308 g/mol. The highest BCUT2D eigenvalue weighted by molar-refractivity contribution is 7.13. The molecule has 1 amide bonds. The van der Waals surface area contributed by atoms with Gasteiger partial charge in [0.15, 0.2) is 5.76 Å². The third-order valence-corrected chi connectivity index (χ3v) is 4.47. The number of nitrogens with one attached hydrogen (secondary N) is 1. The lowest BCUT2D eigenvalue weighted by molar-refractivity contribution is 0.0953. The molecule has 0 aliphatic carbocycles. The van der Waals surface area contributed by atoms with Gasteiger partial charge in [-0.25, -0.2) is 0 Å². The van der Waals surface area contributed by atoms with E-state index in [0.29, 0.717) is 23.6 Å². The van der Waals surface area contributed by atoms with E-state index in [-0.39, 0.29) is 5.91 Å². The lowest BCUT2D eigenvalue weighted by Crippen LogP contribution is -2.25. The molecule has 0 aliphatic heterocycles. The first kappa shape index (κ1) is 15.5. The van der Waals surface area contributed by atoms with E-state index in [0.717, 1.165) is 17.7 Å². The molecule has 5 heteroatoms. The lowest BCUT2D eigenvalue weighted by atomic mass is 10.1. The van der Waals surface area contributed by atoms with Crippen LogP contribution in [0.3, 0.4) is 0 Å². The van der Waals surface area contributed by atoms with E-state index >= 15 is 0 Å². The number of carbonyl (C=O) groups is 1. The summed E-state index contributed by atoms with van der Waals surface area (Å²) in [5, 5.41) is 8.86. The van der Waals surface area contributed by atoms with Gasteiger partial charge in [0.05, 0.1) is 10.6 Å². The zero-order chi connectivity index (χ0) is 16.1. The summed E-state index contributed by atoms with van der Waals surface area (Å²) in [6, 6.07) is 14.1. The zero-order valence-corrected chi connectivity index (χ0v) is 13.7. The lowest BCUT2D eigenvalue weighted by Gasteiger charge is -2.05. The molecule has 3 rings (SSSR count). The SMILES string of the molecule is Cc1noc(-c2cccs2)c1C(=O)NCCCc1ccccc1. The summed E-state index contributed by atoms with van der Waals surface area (Å²) in [5.74, 6) is 0.429. The van der Waals surface area contributed by atoms with Gasteiger partial charge in [-0.3, -0.25) is 4.79 Å². The largest absolute Gasteiger partial charge is 0.354 e. The van der Waals surface area contributed by atoms with Crippen molar-refractivity contribution in [3.63, 3.8) is 0 Å². The van der Waals surface area contributed by atoms with Crippen molar-refractivity contribution >= 4 is 17.2 Å². The standard InChI is InChI=1S/C18H18N2O2S/c1-13-16(17(22-20-13)15-10-6-12-23-15)18(21)19-11-5-9-14-7-3-2-4-8-14/h2-4,6-8,10,12H,5,9,11H2,1H3,(H,19,21). The first-order chi connectivity index (χ1) is 11.3. The molecule has 0 saturated carbocycles. The molecule has 0 aliphatic rings. The number of hydrogen-bond acceptors (Lipinski definition) is 4. The van der Waals surface area contributed by atoms with Gasteiger partial charge >= 0.3 is 0 Å². The van der Waals surface area contributed by atoms with Crippen LogP contribution in [0.5, 0.6) is 0 Å². The van der Waals surface area contributed by atoms with E-state index in [9.17, 15) is 4.79 Å². The predicted molar refractivity (Wildman–Crippen MR) is 91.6 cm³/mol. The van der Waals surface area contributed by atoms with Gasteiger partial charge in [0.2, 0.25) is 0 Å². The summed E-state index contributed by atoms with van der Waals surface area (Å²) in [6.45, 7) is 2.42. The van der Waals surface area contributed by atoms with Crippen molar-refractivity contribution in [1.29, 1.82) is 0 Å². The minimum Gasteiger partial charge on any atom is -0.354 e. The van der Waals surface area contributed by atoms with E-state index in [1.807, 2.05) is 35.7 Å². The predicted octanol–water partition coefficient (Wildman–Crippen LogP) is 4.07. The molecule has 3 aromatic rings. The first-order valence-electron chi connectivity index (χ1n) is 7.58. The zero-order valence-electron chi connectivity index (χ0n) is 12.9. The Morgan fingerprint density at radius 1 is 1.22 bits per heavy atom. The number of amides is 1. The topological polar surface area (TPSA) is 55.1 Å². The van der Waals surface area contributed by atoms with E-state index in [1.165, 1.54) is 16.9 Å². The molecule has 2 heterocycles. The number of benzene rings is 1. The fourth-order valence-electron chi connectivity index (χ4n) is 2.44. The molecule has 2 aromatic heterocycles. The van der Waals surface area contributed by atoms with Crippen LogP contribution in [0.1, 0.15) is 28.0 Å². The Balaban J connectivity index is 1.60. The van der Waals surface area contributed by atoms with E-state index in [1.54, 1.807) is 6.92 Å². The van der Waals surface area contributed by atoms with Crippen LogP contribution in [0.15, 0.2) is 52.4 Å². The third-order valence-electron chi connectivity index (χ3n) is 3.61. The van der Waals surface area contributed by atoms with Crippen molar-refractivity contribution < 1.29 is 9.32 Å². The van der Waals surface area contributed by atoms with Gasteiger partial charge in [0.1, 0.15) is 5.56 Å². The molecule has 4 nitrogen and oxygen atoms in total. The molecule has 23 heavy (non-hydrogen) atoms. The molecule has 118 valence electrons. The highest BCUT2D eigenvalue weighted by Gasteiger charge is 2.21. The van der Waals surface area contributed by atoms with Crippen LogP contribution >= 0.6 is 11.3 Å². The fourth-order valence-corrected chi connectivity index (χ4v) is 3.15. The van der Waals surface area contributed by atoms with Crippen LogP contribution in [0.4, 0.5) is 0 Å². The molecule has 0 fully saturated rings. The van der Waals surface area contributed by atoms with Gasteiger partial charge in [0.25, 0.3) is 5.91 Å². The summed E-state index contributed by atoms with van der Waals surface area (Å²) < 4.78 is 5.34. The number of thiophene rings is 1. The number of nitrogens with zero attached hydrogens (tertiary/aromatic N) is 1. The Labute approximate surface area is 139 Å². The van der Waals surface area contributed by atoms with E-state index in [2.05, 4.69) is 22.6 Å². The second-order valence-corrected chi connectivity index (χ2v) is 6.24. The van der Waals surface area contributed by atoms with Crippen molar-refractivity contribution in [1.82, 2.24) is 10.5 Å². The van der Waals surface area contributed by atoms with Gasteiger partial charge in [0, 0.05) is 6.54 Å². The molecular formula is C18H18N2O2S. The maximum atomic E-state index is 12.4. The Morgan fingerprint density at radius 2 is 2.04 bits per heavy atom. The molecule has 0 spiro atoms. The fraction of sp³-hybridized carbons (Fsp3) is 0.222. The van der Waals surface area contributed by atoms with Crippen LogP contribution in [0.2, 0.25) is 0 Å². The number of aromatic nitrogens is 1. The van der Waals surface area contributed by atoms with Gasteiger partial charge in [-0.2, -0.15) is 0 Å². The summed E-state index contributed by atoms with van der Waals surface area (Å²) in [6.07, 6.45) is 1.84. The van der Waals surface area contributed by atoms with Crippen molar-refractivity contribution in [2.75, 3.05) is 6.54 Å². The molecule has 0 atom stereocenters. The van der Waals surface area contributed by atoms with E-state index in [4.69, 9.17) is 4.52 Å². The molecule has 1 aromatic carbocycles. The number of rotatable bonds is 6. The number of hydrogen-bond donors (Lipinski definition) is 1. The van der Waals surface area contributed by atoms with Crippen LogP contribution < -0.4 is 5.32 Å². The summed E-state index contributed by atoms with van der Waals surface area (Å²) in [7, 11) is 0. The second kappa shape index (κ2) is 7.24. The first-order valence-corrected chi connectivity index (χ1v) is 8.46. The molecule has 0 radical (unpaired) electrons. The number of aryl methyl sites for hydroxylation is 2. The monoisotopic (exact) mass is 326 g/mol. The summed E-state index contributed by atoms with van der Waals surface area (Å²) in [5.41, 5.74) is 2.43. The molecule has 0 unspecified atom stereocenters. The average molecular weight is 326 g/mol. The minimum absolute atomic E-state index is 0.125. The van der Waals surface area contributed by atoms with Crippen molar-refractivity contribution in [3.8, 4) is 10.6 Å². The van der Waals surface area contributed by atoms with Crippen LogP contribution in [-0.2, 0) is 6.42 Å². The van der Waals surface area contributed by atoms with Crippen molar-refractivity contribution in [2.24, 2.45) is 0 Å². The smallest absolute Gasteiger partial charge is 0.257 e. The van der Waals surface area contributed by atoms with Gasteiger partial charge in [-0.1, -0.05) is 41.6 Å². The molecule has 0 bridgehead atoms. The Hall–Kier alpha value is -2.40.